The van der Waals surface area contributed by atoms with Crippen LogP contribution in [0.4, 0.5) is 9.59 Å². The van der Waals surface area contributed by atoms with E-state index in [0.717, 1.165) is 5.06 Å². The minimum Gasteiger partial charge on any atom is -0.444 e. The second-order valence-corrected chi connectivity index (χ2v) is 7.69. The number of ether oxygens (including phenoxy) is 2. The van der Waals surface area contributed by atoms with Crippen LogP contribution in [0.3, 0.4) is 0 Å². The number of nitrogens with zero attached hydrogens (tertiary/aromatic N) is 2. The minimum atomic E-state index is -0.850. The molecule has 0 aromatic rings. The lowest BCUT2D eigenvalue weighted by Crippen LogP contribution is -2.46. The number of Topliss-reactive ketones (excluding diaryl/α,β-unsaturated/α-hetero) is 1. The van der Waals surface area contributed by atoms with Gasteiger partial charge in [0.05, 0.1) is 19.2 Å². The van der Waals surface area contributed by atoms with Crippen molar-refractivity contribution in [2.75, 3.05) is 13.2 Å². The second kappa shape index (κ2) is 5.67. The fraction of sp³-hybridized carbons (Fsp3) is 0.800. The number of carbonyl (C=O) groups excluding carboxylic acids is 3. The molecule has 2 fully saturated rings. The van der Waals surface area contributed by atoms with E-state index in [1.165, 1.54) is 4.90 Å². The van der Waals surface area contributed by atoms with Gasteiger partial charge in [-0.3, -0.25) is 14.5 Å². The molecule has 130 valence electrons. The number of hydrogen-bond donors (Lipinski definition) is 0. The molecule has 2 saturated heterocycles. The lowest BCUT2D eigenvalue weighted by molar-refractivity contribution is -0.144. The molecule has 2 rings (SSSR count). The highest BCUT2D eigenvalue weighted by molar-refractivity contribution is 5.95. The molecule has 2 heterocycles. The van der Waals surface area contributed by atoms with E-state index in [1.807, 2.05) is 0 Å². The average Bonchev–Trinajstić information content (AvgIpc) is 2.86. The van der Waals surface area contributed by atoms with Gasteiger partial charge in [0.25, 0.3) is 0 Å². The summed E-state index contributed by atoms with van der Waals surface area (Å²) in [6.07, 6.45) is -1.32. The summed E-state index contributed by atoms with van der Waals surface area (Å²) in [4.78, 5) is 43.2. The summed E-state index contributed by atoms with van der Waals surface area (Å²) in [6, 6.07) is -1.40. The lowest BCUT2D eigenvalue weighted by Gasteiger charge is -2.27. The smallest absolute Gasteiger partial charge is 0.435 e. The van der Waals surface area contributed by atoms with Gasteiger partial charge in [0.2, 0.25) is 0 Å². The highest BCUT2D eigenvalue weighted by Gasteiger charge is 2.54. The lowest BCUT2D eigenvalue weighted by atomic mass is 10.1. The Morgan fingerprint density at radius 3 is 2.09 bits per heavy atom. The first-order valence-electron chi connectivity index (χ1n) is 7.56. The van der Waals surface area contributed by atoms with Gasteiger partial charge in [-0.05, 0) is 41.5 Å². The van der Waals surface area contributed by atoms with Crippen LogP contribution in [-0.2, 0) is 19.1 Å². The van der Waals surface area contributed by atoms with Crippen LogP contribution in [0.15, 0.2) is 0 Å². The number of hydrogen-bond acceptors (Lipinski definition) is 6. The van der Waals surface area contributed by atoms with Crippen molar-refractivity contribution in [3.05, 3.63) is 0 Å². The first kappa shape index (κ1) is 17.5. The summed E-state index contributed by atoms with van der Waals surface area (Å²) in [5.41, 5.74) is -1.37. The second-order valence-electron chi connectivity index (χ2n) is 7.69. The van der Waals surface area contributed by atoms with E-state index in [4.69, 9.17) is 14.3 Å². The molecule has 0 aromatic carbocycles. The Bertz CT molecular complexity index is 493. The summed E-state index contributed by atoms with van der Waals surface area (Å²) in [5, 5.41) is 0.933. The van der Waals surface area contributed by atoms with Gasteiger partial charge in [-0.25, -0.2) is 9.59 Å². The Morgan fingerprint density at radius 1 is 1.04 bits per heavy atom. The molecule has 8 heteroatoms. The largest absolute Gasteiger partial charge is 0.444 e. The van der Waals surface area contributed by atoms with E-state index in [9.17, 15) is 14.4 Å². The molecule has 2 aliphatic rings. The van der Waals surface area contributed by atoms with E-state index >= 15 is 0 Å². The molecule has 0 radical (unpaired) electrons. The fourth-order valence-electron chi connectivity index (χ4n) is 2.46. The molecule has 0 aliphatic carbocycles. The van der Waals surface area contributed by atoms with E-state index in [-0.39, 0.29) is 18.9 Å². The van der Waals surface area contributed by atoms with Crippen LogP contribution in [0.25, 0.3) is 0 Å². The average molecular weight is 328 g/mol. The van der Waals surface area contributed by atoms with Gasteiger partial charge in [-0.1, -0.05) is 0 Å². The standard InChI is InChI=1S/C15H24N2O6/c1-14(2,3)22-12(19)16-7-10(18)11-9(16)8-21-17(11)13(20)23-15(4,5)6/h9,11H,7-8H2,1-6H3/t9-,11+/m1/s1. The molecule has 0 N–H and O–H groups in total. The zero-order valence-electron chi connectivity index (χ0n) is 14.4. The number of ketones is 1. The van der Waals surface area contributed by atoms with Crippen molar-refractivity contribution in [1.29, 1.82) is 0 Å². The Balaban J connectivity index is 2.10. The predicted molar refractivity (Wildman–Crippen MR) is 79.5 cm³/mol. The molecule has 23 heavy (non-hydrogen) atoms. The van der Waals surface area contributed by atoms with Crippen LogP contribution in [-0.4, -0.2) is 64.4 Å². The van der Waals surface area contributed by atoms with E-state index in [1.54, 1.807) is 41.5 Å². The van der Waals surface area contributed by atoms with Crippen molar-refractivity contribution < 1.29 is 28.7 Å². The molecule has 0 aromatic heterocycles. The number of hydroxylamine groups is 2. The molecule has 2 atom stereocenters. The van der Waals surface area contributed by atoms with Gasteiger partial charge >= 0.3 is 12.2 Å². The van der Waals surface area contributed by atoms with Crippen LogP contribution in [0.5, 0.6) is 0 Å². The zero-order valence-corrected chi connectivity index (χ0v) is 14.4. The maximum Gasteiger partial charge on any atom is 0.435 e. The van der Waals surface area contributed by atoms with Crippen LogP contribution in [0.1, 0.15) is 41.5 Å². The number of carbonyl (C=O) groups is 3. The number of fused-ring (bicyclic) bond motifs is 1. The van der Waals surface area contributed by atoms with Crippen molar-refractivity contribution in [2.45, 2.75) is 64.8 Å². The Kier molecular flexibility index (Phi) is 4.32. The van der Waals surface area contributed by atoms with E-state index < -0.39 is 35.5 Å². The van der Waals surface area contributed by atoms with Crippen molar-refractivity contribution >= 4 is 18.0 Å². The SMILES string of the molecule is CC(C)(C)OC(=O)N1CC(=O)[C@@H]2[C@H]1CON2C(=O)OC(C)(C)C. The topological polar surface area (TPSA) is 85.4 Å². The Hall–Kier alpha value is -1.83. The molecule has 0 unspecified atom stereocenters. The molecule has 0 bridgehead atoms. The first-order chi connectivity index (χ1) is 10.4. The molecule has 2 aliphatic heterocycles. The molecule has 8 nitrogen and oxygen atoms in total. The number of amides is 2. The highest BCUT2D eigenvalue weighted by atomic mass is 16.7. The third kappa shape index (κ3) is 3.93. The van der Waals surface area contributed by atoms with Gasteiger partial charge < -0.3 is 9.47 Å². The van der Waals surface area contributed by atoms with Crippen molar-refractivity contribution in [3.63, 3.8) is 0 Å². The summed E-state index contributed by atoms with van der Waals surface area (Å²) >= 11 is 0. The summed E-state index contributed by atoms with van der Waals surface area (Å²) in [6.45, 7) is 10.4. The third-order valence-corrected chi connectivity index (χ3v) is 3.26. The minimum absolute atomic E-state index is 0.0505. The molecule has 0 saturated carbocycles. The number of likely N-dealkylation sites (tertiary alicyclic amines) is 1. The Morgan fingerprint density at radius 2 is 1.57 bits per heavy atom. The van der Waals surface area contributed by atoms with Crippen LogP contribution in [0.2, 0.25) is 0 Å². The summed E-state index contributed by atoms with van der Waals surface area (Å²) < 4.78 is 10.5. The van der Waals surface area contributed by atoms with Gasteiger partial charge in [0.15, 0.2) is 5.78 Å². The van der Waals surface area contributed by atoms with Gasteiger partial charge in [0, 0.05) is 0 Å². The van der Waals surface area contributed by atoms with E-state index in [2.05, 4.69) is 0 Å². The number of rotatable bonds is 0. The normalized spacial score (nSPS) is 24.7. The monoisotopic (exact) mass is 328 g/mol. The third-order valence-electron chi connectivity index (χ3n) is 3.26. The van der Waals surface area contributed by atoms with Crippen molar-refractivity contribution in [3.8, 4) is 0 Å². The maximum atomic E-state index is 12.2. The Labute approximate surface area is 135 Å². The first-order valence-corrected chi connectivity index (χ1v) is 7.56. The molecule has 2 amide bonds. The molecular formula is C15H24N2O6. The fourth-order valence-corrected chi connectivity index (χ4v) is 2.46. The molecular weight excluding hydrogens is 304 g/mol. The van der Waals surface area contributed by atoms with Crippen molar-refractivity contribution in [1.82, 2.24) is 9.96 Å². The van der Waals surface area contributed by atoms with Gasteiger partial charge in [-0.15, -0.1) is 0 Å². The zero-order chi connectivity index (χ0) is 17.6. The summed E-state index contributed by atoms with van der Waals surface area (Å²) in [5.74, 6) is -0.274. The van der Waals surface area contributed by atoms with Gasteiger partial charge in [0.1, 0.15) is 17.2 Å². The predicted octanol–water partition coefficient (Wildman–Crippen LogP) is 1.73. The molecule has 0 spiro atoms. The van der Waals surface area contributed by atoms with Gasteiger partial charge in [-0.2, -0.15) is 5.06 Å². The highest BCUT2D eigenvalue weighted by Crippen LogP contribution is 2.30. The van der Waals surface area contributed by atoms with Crippen LogP contribution in [0, 0.1) is 0 Å². The van der Waals surface area contributed by atoms with Crippen molar-refractivity contribution in [2.24, 2.45) is 0 Å². The maximum absolute atomic E-state index is 12.2. The van der Waals surface area contributed by atoms with E-state index in [0.29, 0.717) is 0 Å². The summed E-state index contributed by atoms with van der Waals surface area (Å²) in [7, 11) is 0. The van der Waals surface area contributed by atoms with Crippen LogP contribution >= 0.6 is 0 Å². The quantitative estimate of drug-likeness (QED) is 0.673. The van der Waals surface area contributed by atoms with Crippen LogP contribution < -0.4 is 0 Å².